The number of carbonyl (C=O) groups excluding carboxylic acids is 1. The molecule has 3 rings (SSSR count). The van der Waals surface area contributed by atoms with Gasteiger partial charge in [-0.2, -0.15) is 4.98 Å². The fraction of sp³-hybridized carbons (Fsp3) is 0.190. The SMILES string of the molecule is CC(C)(C)C(=O)Nc1nc2ncc(C#Cc3ccccc3C(=O)O)cc2c(=O)[nH]1. The zero-order valence-electron chi connectivity index (χ0n) is 16.0. The van der Waals surface area contributed by atoms with Crippen molar-refractivity contribution in [2.45, 2.75) is 20.8 Å². The fourth-order valence-corrected chi connectivity index (χ4v) is 2.36. The van der Waals surface area contributed by atoms with E-state index in [0.29, 0.717) is 11.1 Å². The van der Waals surface area contributed by atoms with Crippen LogP contribution in [0.3, 0.4) is 0 Å². The Kier molecular flexibility index (Phi) is 5.15. The predicted molar refractivity (Wildman–Crippen MR) is 108 cm³/mol. The molecular formula is C21H18N4O4. The van der Waals surface area contributed by atoms with Crippen molar-refractivity contribution in [2.75, 3.05) is 5.32 Å². The van der Waals surface area contributed by atoms with Gasteiger partial charge in [0.25, 0.3) is 5.56 Å². The Bertz CT molecular complexity index is 1240. The smallest absolute Gasteiger partial charge is 0.336 e. The van der Waals surface area contributed by atoms with Crippen molar-refractivity contribution in [3.05, 3.63) is 63.6 Å². The molecule has 0 saturated heterocycles. The van der Waals surface area contributed by atoms with E-state index < -0.39 is 16.9 Å². The summed E-state index contributed by atoms with van der Waals surface area (Å²) in [6.07, 6.45) is 1.43. The number of H-pyrrole nitrogens is 1. The number of anilines is 1. The van der Waals surface area contributed by atoms with E-state index in [1.54, 1.807) is 39.0 Å². The molecule has 0 saturated carbocycles. The van der Waals surface area contributed by atoms with Crippen molar-refractivity contribution in [1.82, 2.24) is 15.0 Å². The van der Waals surface area contributed by atoms with E-state index in [2.05, 4.69) is 32.1 Å². The van der Waals surface area contributed by atoms with Crippen LogP contribution in [0, 0.1) is 17.3 Å². The molecule has 146 valence electrons. The van der Waals surface area contributed by atoms with E-state index in [1.807, 2.05) is 0 Å². The van der Waals surface area contributed by atoms with Gasteiger partial charge in [-0.05, 0) is 18.2 Å². The molecule has 0 radical (unpaired) electrons. The normalized spacial score (nSPS) is 10.9. The molecule has 8 nitrogen and oxygen atoms in total. The van der Waals surface area contributed by atoms with Crippen LogP contribution in [0.5, 0.6) is 0 Å². The van der Waals surface area contributed by atoms with Crippen molar-refractivity contribution < 1.29 is 14.7 Å². The van der Waals surface area contributed by atoms with E-state index in [-0.39, 0.29) is 28.5 Å². The number of benzene rings is 1. The first-order valence-corrected chi connectivity index (χ1v) is 8.71. The maximum absolute atomic E-state index is 12.4. The Morgan fingerprint density at radius 1 is 1.17 bits per heavy atom. The molecule has 0 spiro atoms. The van der Waals surface area contributed by atoms with Gasteiger partial charge >= 0.3 is 5.97 Å². The number of aromatic amines is 1. The number of aromatic carboxylic acids is 1. The van der Waals surface area contributed by atoms with Crippen LogP contribution in [0.25, 0.3) is 11.0 Å². The molecular weight excluding hydrogens is 372 g/mol. The Balaban J connectivity index is 1.96. The van der Waals surface area contributed by atoms with Crippen LogP contribution in [-0.2, 0) is 4.79 Å². The summed E-state index contributed by atoms with van der Waals surface area (Å²) in [6.45, 7) is 5.23. The first-order valence-electron chi connectivity index (χ1n) is 8.71. The monoisotopic (exact) mass is 390 g/mol. The molecule has 0 aliphatic rings. The summed E-state index contributed by atoms with van der Waals surface area (Å²) in [5, 5.41) is 12.0. The molecule has 29 heavy (non-hydrogen) atoms. The van der Waals surface area contributed by atoms with Crippen molar-refractivity contribution in [2.24, 2.45) is 5.41 Å². The van der Waals surface area contributed by atoms with Crippen LogP contribution >= 0.6 is 0 Å². The Labute approximate surface area is 166 Å². The summed E-state index contributed by atoms with van der Waals surface area (Å²) in [6, 6.07) is 7.89. The maximum atomic E-state index is 12.4. The second-order valence-electron chi connectivity index (χ2n) is 7.31. The number of carboxylic acid groups (broad SMARTS) is 1. The number of rotatable bonds is 2. The van der Waals surface area contributed by atoms with E-state index in [4.69, 9.17) is 0 Å². The van der Waals surface area contributed by atoms with E-state index in [9.17, 15) is 19.5 Å². The molecule has 2 heterocycles. The molecule has 0 aliphatic carbocycles. The summed E-state index contributed by atoms with van der Waals surface area (Å²) in [5.74, 6) is 4.26. The predicted octanol–water partition coefficient (Wildman–Crippen LogP) is 2.40. The van der Waals surface area contributed by atoms with Crippen LogP contribution in [0.15, 0.2) is 41.3 Å². The molecule has 3 aromatic rings. The largest absolute Gasteiger partial charge is 0.478 e. The molecule has 0 bridgehead atoms. The molecule has 0 unspecified atom stereocenters. The average molecular weight is 390 g/mol. The highest BCUT2D eigenvalue weighted by molar-refractivity contribution is 5.93. The lowest BCUT2D eigenvalue weighted by Gasteiger charge is -2.16. The highest BCUT2D eigenvalue weighted by Gasteiger charge is 2.22. The van der Waals surface area contributed by atoms with Gasteiger partial charge in [-0.15, -0.1) is 0 Å². The van der Waals surface area contributed by atoms with Crippen LogP contribution in [0.4, 0.5) is 5.95 Å². The molecule has 0 aliphatic heterocycles. The topological polar surface area (TPSA) is 125 Å². The van der Waals surface area contributed by atoms with Gasteiger partial charge in [-0.1, -0.05) is 44.7 Å². The second-order valence-corrected chi connectivity index (χ2v) is 7.31. The van der Waals surface area contributed by atoms with E-state index in [0.717, 1.165) is 0 Å². The molecule has 2 aromatic heterocycles. The highest BCUT2D eigenvalue weighted by atomic mass is 16.4. The number of amides is 1. The molecule has 0 fully saturated rings. The highest BCUT2D eigenvalue weighted by Crippen LogP contribution is 2.16. The maximum Gasteiger partial charge on any atom is 0.336 e. The number of nitrogens with zero attached hydrogens (tertiary/aromatic N) is 2. The van der Waals surface area contributed by atoms with Crippen molar-refractivity contribution in [3.8, 4) is 11.8 Å². The van der Waals surface area contributed by atoms with Crippen molar-refractivity contribution in [1.29, 1.82) is 0 Å². The molecule has 1 aromatic carbocycles. The van der Waals surface area contributed by atoms with Gasteiger partial charge < -0.3 is 5.11 Å². The zero-order valence-corrected chi connectivity index (χ0v) is 16.0. The molecule has 8 heteroatoms. The minimum atomic E-state index is -1.07. The number of carboxylic acids is 1. The lowest BCUT2D eigenvalue weighted by molar-refractivity contribution is -0.123. The summed E-state index contributed by atoms with van der Waals surface area (Å²) >= 11 is 0. The van der Waals surface area contributed by atoms with Gasteiger partial charge in [0.1, 0.15) is 0 Å². The Morgan fingerprint density at radius 2 is 1.90 bits per heavy atom. The number of hydrogen-bond donors (Lipinski definition) is 3. The van der Waals surface area contributed by atoms with Gasteiger partial charge in [0, 0.05) is 22.7 Å². The lowest BCUT2D eigenvalue weighted by atomic mass is 9.96. The van der Waals surface area contributed by atoms with Crippen LogP contribution in [0.2, 0.25) is 0 Å². The summed E-state index contributed by atoms with van der Waals surface area (Å²) in [4.78, 5) is 46.5. The van der Waals surface area contributed by atoms with Crippen LogP contribution in [0.1, 0.15) is 42.3 Å². The number of pyridine rings is 1. The van der Waals surface area contributed by atoms with Gasteiger partial charge in [0.2, 0.25) is 11.9 Å². The first-order chi connectivity index (χ1) is 13.6. The lowest BCUT2D eigenvalue weighted by Crippen LogP contribution is -2.29. The van der Waals surface area contributed by atoms with Crippen LogP contribution < -0.4 is 10.9 Å². The van der Waals surface area contributed by atoms with E-state index in [1.165, 1.54) is 18.3 Å². The van der Waals surface area contributed by atoms with Crippen molar-refractivity contribution >= 4 is 28.9 Å². The summed E-state index contributed by atoms with van der Waals surface area (Å²) in [7, 11) is 0. The number of aromatic nitrogens is 3. The van der Waals surface area contributed by atoms with Crippen molar-refractivity contribution in [3.63, 3.8) is 0 Å². The Hall–Kier alpha value is -3.99. The third-order valence-electron chi connectivity index (χ3n) is 3.97. The zero-order chi connectivity index (χ0) is 21.2. The number of hydrogen-bond acceptors (Lipinski definition) is 5. The quantitative estimate of drug-likeness (QED) is 0.577. The third-order valence-corrected chi connectivity index (χ3v) is 3.97. The third kappa shape index (κ3) is 4.47. The summed E-state index contributed by atoms with van der Waals surface area (Å²) in [5.41, 5.74) is -0.0841. The minimum absolute atomic E-state index is 0.0177. The fourth-order valence-electron chi connectivity index (χ4n) is 2.36. The summed E-state index contributed by atoms with van der Waals surface area (Å²) < 4.78 is 0. The van der Waals surface area contributed by atoms with Gasteiger partial charge in [-0.25, -0.2) is 9.78 Å². The standard InChI is InChI=1S/C21H18N4O4/c1-21(2,3)19(29)25-20-23-16-15(17(26)24-20)10-12(11-22-16)8-9-13-6-4-5-7-14(13)18(27)28/h4-7,10-11H,1-3H3,(H,27,28)(H2,22,23,24,25,26,29). The molecule has 3 N–H and O–H groups in total. The number of carbonyl (C=O) groups is 2. The van der Waals surface area contributed by atoms with Gasteiger partial charge in [0.15, 0.2) is 5.65 Å². The van der Waals surface area contributed by atoms with Gasteiger partial charge in [-0.3, -0.25) is 19.9 Å². The van der Waals surface area contributed by atoms with Crippen LogP contribution in [-0.4, -0.2) is 31.9 Å². The average Bonchev–Trinajstić information content (AvgIpc) is 2.66. The van der Waals surface area contributed by atoms with E-state index >= 15 is 0 Å². The van der Waals surface area contributed by atoms with Gasteiger partial charge in [0.05, 0.1) is 10.9 Å². The number of nitrogens with one attached hydrogen (secondary N) is 2. The Morgan fingerprint density at radius 3 is 2.59 bits per heavy atom. The number of fused-ring (bicyclic) bond motifs is 1. The second kappa shape index (κ2) is 7.56. The molecule has 0 atom stereocenters. The first kappa shape index (κ1) is 19.8. The molecule has 1 amide bonds. The minimum Gasteiger partial charge on any atom is -0.478 e.